The van der Waals surface area contributed by atoms with Gasteiger partial charge in [-0.15, -0.1) is 0 Å². The summed E-state index contributed by atoms with van der Waals surface area (Å²) in [6.45, 7) is 2.59. The van der Waals surface area contributed by atoms with E-state index in [0.717, 1.165) is 12.1 Å². The lowest BCUT2D eigenvalue weighted by molar-refractivity contribution is -0.114. The van der Waals surface area contributed by atoms with Crippen LogP contribution in [0.25, 0.3) is 0 Å². The van der Waals surface area contributed by atoms with Gasteiger partial charge in [0.05, 0.1) is 6.54 Å². The molecule has 0 saturated heterocycles. The van der Waals surface area contributed by atoms with Crippen LogP contribution >= 0.6 is 0 Å². The lowest BCUT2D eigenvalue weighted by Gasteiger charge is -2.18. The Bertz CT molecular complexity index is 1120. The summed E-state index contributed by atoms with van der Waals surface area (Å²) in [5.74, 6) is -0.584. The van der Waals surface area contributed by atoms with Gasteiger partial charge in [0.15, 0.2) is 0 Å². The third-order valence-electron chi connectivity index (χ3n) is 4.95. The minimum atomic E-state index is -0.265. The fourth-order valence-electron chi connectivity index (χ4n) is 3.19. The predicted octanol–water partition coefficient (Wildman–Crippen LogP) is 4.15. The van der Waals surface area contributed by atoms with E-state index in [-0.39, 0.29) is 24.3 Å². The second-order valence-electron chi connectivity index (χ2n) is 7.52. The van der Waals surface area contributed by atoms with Gasteiger partial charge in [-0.2, -0.15) is 0 Å². The van der Waals surface area contributed by atoms with Gasteiger partial charge in [0.1, 0.15) is 0 Å². The molecule has 0 bridgehead atoms. The number of carbonyl (C=O) groups excluding carboxylic acids is 3. The first-order chi connectivity index (χ1) is 16.0. The van der Waals surface area contributed by atoms with Crippen LogP contribution in [-0.2, 0) is 4.79 Å². The van der Waals surface area contributed by atoms with Crippen molar-refractivity contribution in [3.63, 3.8) is 0 Å². The first-order valence-corrected chi connectivity index (χ1v) is 10.8. The monoisotopic (exact) mass is 444 g/mol. The molecule has 0 aliphatic carbocycles. The Kier molecular flexibility index (Phi) is 8.18. The van der Waals surface area contributed by atoms with E-state index in [2.05, 4.69) is 16.0 Å². The third-order valence-corrected chi connectivity index (χ3v) is 4.95. The number of hydrogen-bond acceptors (Lipinski definition) is 4. The molecule has 170 valence electrons. The summed E-state index contributed by atoms with van der Waals surface area (Å²) in [5.41, 5.74) is 3.00. The van der Waals surface area contributed by atoms with Gasteiger partial charge in [-0.05, 0) is 55.0 Å². The molecule has 0 aromatic heterocycles. The normalized spacial score (nSPS) is 10.2. The minimum Gasteiger partial charge on any atom is -0.376 e. The standard InChI is InChI=1S/C26H28N4O3/c1-3-15-27-25(32)19-9-7-12-22(16-19)29-24(31)18-28-21-11-8-10-20(17-21)26(33)30(2)23-13-5-4-6-14-23/h4-14,16-17,28H,3,15,18H2,1-2H3,(H,27,32)(H,29,31). The summed E-state index contributed by atoms with van der Waals surface area (Å²) in [6, 6.07) is 23.2. The molecule has 33 heavy (non-hydrogen) atoms. The van der Waals surface area contributed by atoms with Gasteiger partial charge in [-0.25, -0.2) is 0 Å². The van der Waals surface area contributed by atoms with E-state index in [9.17, 15) is 14.4 Å². The Labute approximate surface area is 193 Å². The van der Waals surface area contributed by atoms with Crippen molar-refractivity contribution in [1.82, 2.24) is 5.32 Å². The largest absolute Gasteiger partial charge is 0.376 e. The number of para-hydroxylation sites is 1. The highest BCUT2D eigenvalue weighted by atomic mass is 16.2. The van der Waals surface area contributed by atoms with E-state index in [1.54, 1.807) is 60.5 Å². The zero-order valence-corrected chi connectivity index (χ0v) is 18.8. The molecule has 0 aliphatic rings. The number of nitrogens with zero attached hydrogens (tertiary/aromatic N) is 1. The lowest BCUT2D eigenvalue weighted by atomic mass is 10.1. The molecule has 0 radical (unpaired) electrons. The van der Waals surface area contributed by atoms with E-state index in [1.807, 2.05) is 37.3 Å². The van der Waals surface area contributed by atoms with Gasteiger partial charge in [-0.3, -0.25) is 14.4 Å². The van der Waals surface area contributed by atoms with Crippen LogP contribution in [0.15, 0.2) is 78.9 Å². The molecule has 3 amide bonds. The van der Waals surface area contributed by atoms with Crippen LogP contribution in [-0.4, -0.2) is 37.9 Å². The summed E-state index contributed by atoms with van der Waals surface area (Å²) >= 11 is 0. The van der Waals surface area contributed by atoms with E-state index in [4.69, 9.17) is 0 Å². The number of benzene rings is 3. The van der Waals surface area contributed by atoms with Gasteiger partial charge in [0.2, 0.25) is 5.91 Å². The SMILES string of the molecule is CCCNC(=O)c1cccc(NC(=O)CNc2cccc(C(=O)N(C)c3ccccc3)c2)c1. The summed E-state index contributed by atoms with van der Waals surface area (Å²) < 4.78 is 0. The Morgan fingerprint density at radius 1 is 0.818 bits per heavy atom. The van der Waals surface area contributed by atoms with Gasteiger partial charge in [0.25, 0.3) is 11.8 Å². The lowest BCUT2D eigenvalue weighted by Crippen LogP contribution is -2.26. The maximum Gasteiger partial charge on any atom is 0.258 e. The fourth-order valence-corrected chi connectivity index (χ4v) is 3.19. The van der Waals surface area contributed by atoms with Crippen molar-refractivity contribution in [3.8, 4) is 0 Å². The van der Waals surface area contributed by atoms with Crippen LogP contribution in [0, 0.1) is 0 Å². The van der Waals surface area contributed by atoms with Gasteiger partial charge < -0.3 is 20.9 Å². The number of nitrogens with one attached hydrogen (secondary N) is 3. The van der Waals surface area contributed by atoms with Crippen LogP contribution in [0.2, 0.25) is 0 Å². The average molecular weight is 445 g/mol. The maximum absolute atomic E-state index is 12.8. The zero-order valence-electron chi connectivity index (χ0n) is 18.8. The highest BCUT2D eigenvalue weighted by molar-refractivity contribution is 6.06. The van der Waals surface area contributed by atoms with Crippen LogP contribution < -0.4 is 20.9 Å². The van der Waals surface area contributed by atoms with Gasteiger partial charge >= 0.3 is 0 Å². The number of amides is 3. The zero-order chi connectivity index (χ0) is 23.6. The maximum atomic E-state index is 12.8. The fraction of sp³-hybridized carbons (Fsp3) is 0.192. The second kappa shape index (κ2) is 11.5. The highest BCUT2D eigenvalue weighted by Crippen LogP contribution is 2.17. The Balaban J connectivity index is 1.58. The van der Waals surface area contributed by atoms with Crippen molar-refractivity contribution in [3.05, 3.63) is 90.0 Å². The van der Waals surface area contributed by atoms with Gasteiger partial charge in [0, 0.05) is 41.8 Å². The van der Waals surface area contributed by atoms with Crippen LogP contribution in [0.3, 0.4) is 0 Å². The molecule has 7 heteroatoms. The predicted molar refractivity (Wildman–Crippen MR) is 132 cm³/mol. The van der Waals surface area contributed by atoms with Crippen molar-refractivity contribution >= 4 is 34.8 Å². The van der Waals surface area contributed by atoms with E-state index < -0.39 is 0 Å². The summed E-state index contributed by atoms with van der Waals surface area (Å²) in [5, 5.41) is 8.64. The molecule has 0 heterocycles. The highest BCUT2D eigenvalue weighted by Gasteiger charge is 2.14. The van der Waals surface area contributed by atoms with Crippen molar-refractivity contribution in [1.29, 1.82) is 0 Å². The van der Waals surface area contributed by atoms with Crippen LogP contribution in [0.5, 0.6) is 0 Å². The molecular weight excluding hydrogens is 416 g/mol. The molecule has 3 rings (SSSR count). The van der Waals surface area contributed by atoms with E-state index >= 15 is 0 Å². The van der Waals surface area contributed by atoms with E-state index in [0.29, 0.717) is 29.0 Å². The van der Waals surface area contributed by atoms with Crippen molar-refractivity contribution in [2.24, 2.45) is 0 Å². The van der Waals surface area contributed by atoms with E-state index in [1.165, 1.54) is 0 Å². The van der Waals surface area contributed by atoms with Crippen molar-refractivity contribution in [2.45, 2.75) is 13.3 Å². The topological polar surface area (TPSA) is 90.5 Å². The molecule has 3 aromatic carbocycles. The summed E-state index contributed by atoms with van der Waals surface area (Å²) in [6.07, 6.45) is 0.850. The minimum absolute atomic E-state index is 0.0123. The Morgan fingerprint density at radius 2 is 1.48 bits per heavy atom. The van der Waals surface area contributed by atoms with Crippen molar-refractivity contribution < 1.29 is 14.4 Å². The quantitative estimate of drug-likeness (QED) is 0.462. The summed E-state index contributed by atoms with van der Waals surface area (Å²) in [4.78, 5) is 38.9. The molecule has 0 atom stereocenters. The third kappa shape index (κ3) is 6.67. The second-order valence-corrected chi connectivity index (χ2v) is 7.52. The molecule has 0 aliphatic heterocycles. The van der Waals surface area contributed by atoms with Gasteiger partial charge in [-0.1, -0.05) is 37.3 Å². The molecule has 0 spiro atoms. The number of rotatable bonds is 9. The molecule has 0 fully saturated rings. The Morgan fingerprint density at radius 3 is 2.21 bits per heavy atom. The summed E-state index contributed by atoms with van der Waals surface area (Å²) in [7, 11) is 1.72. The molecular formula is C26H28N4O3. The molecule has 0 saturated carbocycles. The molecule has 0 unspecified atom stereocenters. The average Bonchev–Trinajstić information content (AvgIpc) is 2.86. The molecule has 7 nitrogen and oxygen atoms in total. The van der Waals surface area contributed by atoms with Crippen molar-refractivity contribution in [2.75, 3.05) is 35.7 Å². The van der Waals surface area contributed by atoms with Crippen LogP contribution in [0.1, 0.15) is 34.1 Å². The Hall–Kier alpha value is -4.13. The van der Waals surface area contributed by atoms with Crippen LogP contribution in [0.4, 0.5) is 17.1 Å². The first kappa shape index (κ1) is 23.5. The number of carbonyl (C=O) groups is 3. The molecule has 3 N–H and O–H groups in total. The molecule has 3 aromatic rings. The number of anilines is 3. The number of hydrogen-bond donors (Lipinski definition) is 3. The smallest absolute Gasteiger partial charge is 0.258 e. The first-order valence-electron chi connectivity index (χ1n) is 10.8.